The number of nitrogen functional groups attached to an aromatic ring is 1. The normalized spacial score (nSPS) is 18.2. The van der Waals surface area contributed by atoms with Crippen LogP contribution in [0.3, 0.4) is 0 Å². The van der Waals surface area contributed by atoms with E-state index in [9.17, 15) is 14.4 Å². The molecule has 0 saturated heterocycles. The second kappa shape index (κ2) is 6.97. The number of carbonyl (C=O) groups is 2. The first kappa shape index (κ1) is 18.2. The molecule has 0 bridgehead atoms. The highest BCUT2D eigenvalue weighted by molar-refractivity contribution is 6.06. The number of rotatable bonds is 8. The predicted octanol–water partition coefficient (Wildman–Crippen LogP) is 1.04. The zero-order valence-corrected chi connectivity index (χ0v) is 14.7. The Morgan fingerprint density at radius 3 is 2.54 bits per heavy atom. The van der Waals surface area contributed by atoms with Gasteiger partial charge in [-0.1, -0.05) is 12.1 Å². The molecule has 1 aliphatic rings. The van der Waals surface area contributed by atoms with Gasteiger partial charge in [0, 0.05) is 19.6 Å². The van der Waals surface area contributed by atoms with Crippen LogP contribution in [0.5, 0.6) is 0 Å². The maximum atomic E-state index is 12.5. The van der Waals surface area contributed by atoms with Crippen molar-refractivity contribution in [2.24, 2.45) is 5.92 Å². The summed E-state index contributed by atoms with van der Waals surface area (Å²) in [5.41, 5.74) is 0.0194. The lowest BCUT2D eigenvalue weighted by molar-refractivity contribution is -0.177. The molecule has 1 heterocycles. The number of Topliss-reactive ketones (excluding diaryl/α,β-unsaturated/α-hetero) is 2. The van der Waals surface area contributed by atoms with Gasteiger partial charge in [0.05, 0.1) is 17.0 Å². The summed E-state index contributed by atoms with van der Waals surface area (Å²) in [5, 5.41) is 0. The number of fused-ring (bicyclic) bond motifs is 1. The maximum absolute atomic E-state index is 12.5. The Balaban J connectivity index is 1.77. The molecule has 1 aromatic heterocycles. The molecule has 138 valence electrons. The van der Waals surface area contributed by atoms with E-state index in [1.807, 2.05) is 0 Å². The first-order valence-corrected chi connectivity index (χ1v) is 8.58. The molecule has 1 atom stereocenters. The van der Waals surface area contributed by atoms with Crippen LogP contribution in [-0.4, -0.2) is 40.2 Å². The van der Waals surface area contributed by atoms with E-state index < -0.39 is 23.0 Å². The van der Waals surface area contributed by atoms with Gasteiger partial charge in [-0.05, 0) is 32.4 Å². The molecule has 0 spiro atoms. The minimum Gasteiger partial charge on any atom is -0.343 e. The summed E-state index contributed by atoms with van der Waals surface area (Å²) >= 11 is 0. The van der Waals surface area contributed by atoms with Gasteiger partial charge in [0.1, 0.15) is 0 Å². The average molecular weight is 359 g/mol. The first-order chi connectivity index (χ1) is 12.5. The number of nitrogens with zero attached hydrogens (tertiary/aromatic N) is 2. The van der Waals surface area contributed by atoms with Gasteiger partial charge in [0.2, 0.25) is 11.6 Å². The van der Waals surface area contributed by atoms with E-state index in [0.29, 0.717) is 24.2 Å². The molecule has 2 N–H and O–H groups in total. The van der Waals surface area contributed by atoms with E-state index in [1.165, 1.54) is 0 Å². The number of ether oxygens (including phenoxy) is 2. The number of ketones is 2. The first-order valence-electron chi connectivity index (χ1n) is 8.58. The van der Waals surface area contributed by atoms with Crippen molar-refractivity contribution in [3.63, 3.8) is 0 Å². The molecule has 26 heavy (non-hydrogen) atoms. The van der Waals surface area contributed by atoms with Crippen LogP contribution in [0.1, 0.15) is 37.2 Å². The van der Waals surface area contributed by atoms with Crippen LogP contribution in [0.15, 0.2) is 29.1 Å². The van der Waals surface area contributed by atoms with E-state index in [0.717, 1.165) is 4.68 Å². The van der Waals surface area contributed by atoms with Crippen LogP contribution in [0.2, 0.25) is 0 Å². The number of para-hydroxylation sites is 2. The SMILES string of the molecule is CCOC1(OCC)C(=O)C1CCC(=O)c1nc2ccccc2n(N)c1=O. The average Bonchev–Trinajstić information content (AvgIpc) is 3.18. The molecule has 1 aromatic carbocycles. The monoisotopic (exact) mass is 359 g/mol. The van der Waals surface area contributed by atoms with Crippen LogP contribution in [-0.2, 0) is 14.3 Å². The van der Waals surface area contributed by atoms with E-state index in [1.54, 1.807) is 38.1 Å². The number of aromatic nitrogens is 2. The summed E-state index contributed by atoms with van der Waals surface area (Å²) in [6.07, 6.45) is 0.217. The Bertz CT molecular complexity index is 915. The highest BCUT2D eigenvalue weighted by atomic mass is 16.7. The van der Waals surface area contributed by atoms with E-state index in [4.69, 9.17) is 15.3 Å². The van der Waals surface area contributed by atoms with Crippen molar-refractivity contribution in [1.82, 2.24) is 9.66 Å². The van der Waals surface area contributed by atoms with Gasteiger partial charge < -0.3 is 15.3 Å². The molecule has 0 radical (unpaired) electrons. The Morgan fingerprint density at radius 1 is 1.23 bits per heavy atom. The summed E-state index contributed by atoms with van der Waals surface area (Å²) in [6, 6.07) is 6.80. The van der Waals surface area contributed by atoms with E-state index in [2.05, 4.69) is 4.98 Å². The molecule has 1 unspecified atom stereocenters. The van der Waals surface area contributed by atoms with Crippen molar-refractivity contribution in [2.45, 2.75) is 32.5 Å². The van der Waals surface area contributed by atoms with Crippen LogP contribution in [0.25, 0.3) is 11.0 Å². The number of nitrogens with two attached hydrogens (primary N) is 1. The third-order valence-electron chi connectivity index (χ3n) is 4.47. The van der Waals surface area contributed by atoms with Crippen LogP contribution in [0.4, 0.5) is 0 Å². The van der Waals surface area contributed by atoms with Gasteiger partial charge in [-0.25, -0.2) is 9.66 Å². The summed E-state index contributed by atoms with van der Waals surface area (Å²) < 4.78 is 11.8. The molecule has 1 fully saturated rings. The molecule has 1 aliphatic carbocycles. The number of hydrogen-bond donors (Lipinski definition) is 1. The molecule has 0 amide bonds. The number of benzene rings is 1. The molecule has 2 aromatic rings. The lowest BCUT2D eigenvalue weighted by Gasteiger charge is -2.14. The standard InChI is InChI=1S/C18H21N3O5/c1-3-25-18(26-4-2)11(16(18)23)9-10-14(22)15-17(24)21(19)13-8-6-5-7-12(13)20-15/h5-8,11H,3-4,9-10,19H2,1-2H3. The molecule has 8 nitrogen and oxygen atoms in total. The summed E-state index contributed by atoms with van der Waals surface area (Å²) in [6.45, 7) is 4.22. The van der Waals surface area contributed by atoms with Crippen molar-refractivity contribution in [3.8, 4) is 0 Å². The maximum Gasteiger partial charge on any atom is 0.298 e. The smallest absolute Gasteiger partial charge is 0.298 e. The molecule has 0 aliphatic heterocycles. The minimum atomic E-state index is -1.24. The number of hydrogen-bond acceptors (Lipinski definition) is 7. The Kier molecular flexibility index (Phi) is 4.88. The van der Waals surface area contributed by atoms with Crippen LogP contribution < -0.4 is 11.4 Å². The molecule has 1 saturated carbocycles. The van der Waals surface area contributed by atoms with Crippen molar-refractivity contribution in [1.29, 1.82) is 0 Å². The summed E-state index contributed by atoms with van der Waals surface area (Å²) in [7, 11) is 0. The van der Waals surface area contributed by atoms with Crippen molar-refractivity contribution in [2.75, 3.05) is 19.1 Å². The fourth-order valence-corrected chi connectivity index (χ4v) is 3.19. The van der Waals surface area contributed by atoms with E-state index >= 15 is 0 Å². The van der Waals surface area contributed by atoms with Gasteiger partial charge >= 0.3 is 0 Å². The minimum absolute atomic E-state index is 0.0150. The molecule has 8 heteroatoms. The highest BCUT2D eigenvalue weighted by Crippen LogP contribution is 2.46. The molecule has 3 rings (SSSR count). The molecular formula is C18H21N3O5. The Labute approximate surface area is 149 Å². The fourth-order valence-electron chi connectivity index (χ4n) is 3.19. The van der Waals surface area contributed by atoms with Crippen LogP contribution >= 0.6 is 0 Å². The van der Waals surface area contributed by atoms with Crippen molar-refractivity contribution >= 4 is 22.6 Å². The van der Waals surface area contributed by atoms with Crippen LogP contribution in [0, 0.1) is 5.92 Å². The zero-order chi connectivity index (χ0) is 18.9. The fraction of sp³-hybridized carbons (Fsp3) is 0.444. The largest absolute Gasteiger partial charge is 0.343 e. The van der Waals surface area contributed by atoms with Gasteiger partial charge in [-0.15, -0.1) is 0 Å². The topological polar surface area (TPSA) is 114 Å². The van der Waals surface area contributed by atoms with Gasteiger partial charge in [-0.3, -0.25) is 14.4 Å². The van der Waals surface area contributed by atoms with Crippen molar-refractivity contribution in [3.05, 3.63) is 40.3 Å². The Morgan fingerprint density at radius 2 is 1.88 bits per heavy atom. The van der Waals surface area contributed by atoms with Gasteiger partial charge in [0.25, 0.3) is 5.56 Å². The van der Waals surface area contributed by atoms with E-state index in [-0.39, 0.29) is 24.3 Å². The number of carbonyl (C=O) groups excluding carboxylic acids is 2. The van der Waals surface area contributed by atoms with Gasteiger partial charge in [-0.2, -0.15) is 0 Å². The second-order valence-corrected chi connectivity index (χ2v) is 6.04. The van der Waals surface area contributed by atoms with Crippen molar-refractivity contribution < 1.29 is 19.1 Å². The lowest BCUT2D eigenvalue weighted by Crippen LogP contribution is -2.33. The summed E-state index contributed by atoms with van der Waals surface area (Å²) in [4.78, 5) is 41.1. The third kappa shape index (κ3) is 2.91. The quantitative estimate of drug-likeness (QED) is 0.425. The highest BCUT2D eigenvalue weighted by Gasteiger charge is 2.67. The van der Waals surface area contributed by atoms with Gasteiger partial charge in [0.15, 0.2) is 11.5 Å². The lowest BCUT2D eigenvalue weighted by atomic mass is 10.1. The second-order valence-electron chi connectivity index (χ2n) is 6.04. The Hall–Kier alpha value is -2.58. The molecular weight excluding hydrogens is 338 g/mol. The summed E-state index contributed by atoms with van der Waals surface area (Å²) in [5.74, 6) is 3.41. The predicted molar refractivity (Wildman–Crippen MR) is 94.2 cm³/mol. The third-order valence-corrected chi connectivity index (χ3v) is 4.47. The zero-order valence-electron chi connectivity index (χ0n) is 14.7.